The number of aliphatic hydroxyl groups is 3. The van der Waals surface area contributed by atoms with Crippen LogP contribution in [0.5, 0.6) is 0 Å². The summed E-state index contributed by atoms with van der Waals surface area (Å²) in [6.45, 7) is 0.531. The molecule has 5 N–H and O–H groups in total. The molecule has 0 aliphatic carbocycles. The van der Waals surface area contributed by atoms with Crippen molar-refractivity contribution in [3.05, 3.63) is 51.8 Å². The summed E-state index contributed by atoms with van der Waals surface area (Å²) in [5, 5.41) is 29.5. The van der Waals surface area contributed by atoms with Crippen molar-refractivity contribution in [2.75, 3.05) is 17.5 Å². The number of aromatic nitrogens is 2. The second-order valence-electron chi connectivity index (χ2n) is 6.58. The highest BCUT2D eigenvalue weighted by molar-refractivity contribution is 5.52. The summed E-state index contributed by atoms with van der Waals surface area (Å²) in [6.07, 6.45) is -3.09. The lowest BCUT2D eigenvalue weighted by atomic mass is 9.96. The molecule has 14 heteroatoms. The van der Waals surface area contributed by atoms with Crippen molar-refractivity contribution in [1.29, 1.82) is 0 Å². The third-order valence-electron chi connectivity index (χ3n) is 4.54. The average molecular weight is 438 g/mol. The zero-order valence-electron chi connectivity index (χ0n) is 15.0. The summed E-state index contributed by atoms with van der Waals surface area (Å²) in [7, 11) is 0. The van der Waals surface area contributed by atoms with E-state index in [1.807, 2.05) is 5.43 Å². The molecule has 0 saturated carbocycles. The molecule has 2 aromatic rings. The van der Waals surface area contributed by atoms with E-state index in [9.17, 15) is 42.1 Å². The molecule has 1 aromatic heterocycles. The van der Waals surface area contributed by atoms with Crippen LogP contribution in [-0.4, -0.2) is 49.3 Å². The Kier molecular flexibility index (Phi) is 5.68. The molecule has 1 aromatic carbocycles. The molecule has 9 nitrogen and oxygen atoms in total. The Hall–Kier alpha value is -2.81. The van der Waals surface area contributed by atoms with Crippen LogP contribution >= 0.6 is 0 Å². The number of anilines is 2. The van der Waals surface area contributed by atoms with Crippen LogP contribution in [0.2, 0.25) is 0 Å². The first kappa shape index (κ1) is 21.9. The molecule has 0 bridgehead atoms. The fourth-order valence-corrected chi connectivity index (χ4v) is 2.89. The number of rotatable bonds is 5. The minimum absolute atomic E-state index is 0.378. The highest BCUT2D eigenvalue weighted by Gasteiger charge is 2.53. The second-order valence-corrected chi connectivity index (χ2v) is 6.58. The summed E-state index contributed by atoms with van der Waals surface area (Å²) in [5.41, 5.74) is -0.653. The van der Waals surface area contributed by atoms with Gasteiger partial charge < -0.3 is 20.1 Å². The Balaban J connectivity index is 1.84. The SMILES string of the molecule is C[C@@]1(O)C(O)C(CO)OC1n1ccc(NNc2c(F)c(F)c(F)c(F)c2F)nc1=O. The average Bonchev–Trinajstić information content (AvgIpc) is 2.94. The minimum Gasteiger partial charge on any atom is -0.394 e. The molecule has 3 rings (SSSR count). The van der Waals surface area contributed by atoms with Gasteiger partial charge in [0.05, 0.1) is 6.61 Å². The van der Waals surface area contributed by atoms with Crippen LogP contribution < -0.4 is 16.5 Å². The van der Waals surface area contributed by atoms with Gasteiger partial charge in [0.2, 0.25) is 5.82 Å². The first-order chi connectivity index (χ1) is 14.0. The molecular weight excluding hydrogens is 423 g/mol. The molecule has 1 saturated heterocycles. The smallest absolute Gasteiger partial charge is 0.351 e. The Morgan fingerprint density at radius 1 is 1.13 bits per heavy atom. The number of hydrazine groups is 1. The molecule has 2 heterocycles. The third-order valence-corrected chi connectivity index (χ3v) is 4.54. The van der Waals surface area contributed by atoms with Gasteiger partial charge in [-0.2, -0.15) is 4.98 Å². The molecule has 1 fully saturated rings. The Labute approximate surface area is 164 Å². The Morgan fingerprint density at radius 2 is 1.70 bits per heavy atom. The van der Waals surface area contributed by atoms with Crippen LogP contribution in [0.4, 0.5) is 33.5 Å². The minimum atomic E-state index is -2.33. The van der Waals surface area contributed by atoms with E-state index >= 15 is 0 Å². The van der Waals surface area contributed by atoms with Crippen molar-refractivity contribution in [3.8, 4) is 0 Å². The normalized spacial score (nSPS) is 26.1. The van der Waals surface area contributed by atoms with Crippen molar-refractivity contribution in [2.45, 2.75) is 31.0 Å². The van der Waals surface area contributed by atoms with Crippen LogP contribution in [0, 0.1) is 29.1 Å². The second kappa shape index (κ2) is 7.79. The molecule has 0 radical (unpaired) electrons. The van der Waals surface area contributed by atoms with Gasteiger partial charge in [-0.25, -0.2) is 26.7 Å². The largest absolute Gasteiger partial charge is 0.394 e. The van der Waals surface area contributed by atoms with Crippen LogP contribution in [0.3, 0.4) is 0 Å². The Morgan fingerprint density at radius 3 is 2.20 bits per heavy atom. The molecule has 0 spiro atoms. The van der Waals surface area contributed by atoms with E-state index in [0.717, 1.165) is 16.8 Å². The van der Waals surface area contributed by atoms with Gasteiger partial charge in [-0.05, 0) is 13.0 Å². The lowest BCUT2D eigenvalue weighted by Gasteiger charge is -2.27. The van der Waals surface area contributed by atoms with Crippen molar-refractivity contribution < 1.29 is 42.0 Å². The number of benzene rings is 1. The number of hydrogen-bond acceptors (Lipinski definition) is 8. The fourth-order valence-electron chi connectivity index (χ4n) is 2.89. The highest BCUT2D eigenvalue weighted by atomic mass is 19.2. The van der Waals surface area contributed by atoms with Gasteiger partial charge in [0.25, 0.3) is 0 Å². The number of halogens is 5. The Bertz CT molecular complexity index is 1000. The van der Waals surface area contributed by atoms with Gasteiger partial charge in [0, 0.05) is 6.20 Å². The number of ether oxygens (including phenoxy) is 1. The fraction of sp³-hybridized carbons (Fsp3) is 0.375. The van der Waals surface area contributed by atoms with Gasteiger partial charge in [0.15, 0.2) is 35.3 Å². The van der Waals surface area contributed by atoms with Gasteiger partial charge in [-0.1, -0.05) is 0 Å². The monoisotopic (exact) mass is 438 g/mol. The summed E-state index contributed by atoms with van der Waals surface area (Å²) in [6, 6.07) is 1.05. The zero-order chi connectivity index (χ0) is 22.4. The maximum Gasteiger partial charge on any atom is 0.351 e. The van der Waals surface area contributed by atoms with Gasteiger partial charge in [-0.3, -0.25) is 15.4 Å². The predicted octanol–water partition coefficient (Wildman–Crippen LogP) is 0.379. The highest BCUT2D eigenvalue weighted by Crippen LogP contribution is 2.37. The van der Waals surface area contributed by atoms with E-state index < -0.39 is 71.1 Å². The summed E-state index contributed by atoms with van der Waals surface area (Å²) >= 11 is 0. The van der Waals surface area contributed by atoms with E-state index in [1.165, 1.54) is 6.92 Å². The van der Waals surface area contributed by atoms with E-state index in [0.29, 0.717) is 0 Å². The predicted molar refractivity (Wildman–Crippen MR) is 89.6 cm³/mol. The molecule has 0 amide bonds. The number of nitrogens with one attached hydrogen (secondary N) is 2. The summed E-state index contributed by atoms with van der Waals surface area (Å²) in [5.74, 6) is -11.3. The van der Waals surface area contributed by atoms with E-state index in [1.54, 1.807) is 5.43 Å². The molecule has 164 valence electrons. The molecule has 3 unspecified atom stereocenters. The molecule has 4 atom stereocenters. The molecule has 1 aliphatic heterocycles. The van der Waals surface area contributed by atoms with Crippen molar-refractivity contribution >= 4 is 11.5 Å². The van der Waals surface area contributed by atoms with Crippen LogP contribution in [-0.2, 0) is 4.74 Å². The lowest BCUT2D eigenvalue weighted by Crippen LogP contribution is -2.46. The van der Waals surface area contributed by atoms with Crippen LogP contribution in [0.25, 0.3) is 0 Å². The lowest BCUT2D eigenvalue weighted by molar-refractivity contribution is -0.0986. The maximum absolute atomic E-state index is 13.6. The topological polar surface area (TPSA) is 129 Å². The van der Waals surface area contributed by atoms with Crippen LogP contribution in [0.15, 0.2) is 17.1 Å². The summed E-state index contributed by atoms with van der Waals surface area (Å²) < 4.78 is 72.8. The van der Waals surface area contributed by atoms with E-state index in [4.69, 9.17) is 4.74 Å². The van der Waals surface area contributed by atoms with Gasteiger partial charge in [0.1, 0.15) is 23.5 Å². The first-order valence-corrected chi connectivity index (χ1v) is 8.30. The number of hydrogen-bond donors (Lipinski definition) is 5. The quantitative estimate of drug-likeness (QED) is 0.196. The summed E-state index contributed by atoms with van der Waals surface area (Å²) in [4.78, 5) is 15.7. The molecular formula is C16H15F5N4O5. The van der Waals surface area contributed by atoms with Crippen molar-refractivity contribution in [3.63, 3.8) is 0 Å². The zero-order valence-corrected chi connectivity index (χ0v) is 15.0. The molecule has 1 aliphatic rings. The van der Waals surface area contributed by atoms with Crippen molar-refractivity contribution in [1.82, 2.24) is 9.55 Å². The number of aliphatic hydroxyl groups excluding tert-OH is 2. The van der Waals surface area contributed by atoms with Gasteiger partial charge >= 0.3 is 5.69 Å². The third kappa shape index (κ3) is 3.47. The van der Waals surface area contributed by atoms with E-state index in [-0.39, 0.29) is 5.82 Å². The van der Waals surface area contributed by atoms with Crippen molar-refractivity contribution in [2.24, 2.45) is 0 Å². The number of nitrogens with zero attached hydrogens (tertiary/aromatic N) is 2. The van der Waals surface area contributed by atoms with Crippen LogP contribution in [0.1, 0.15) is 13.2 Å². The molecule has 30 heavy (non-hydrogen) atoms. The standard InChI is InChI=1S/C16H15F5N4O5/c1-16(29)13(27)5(4-26)30-14(16)25-3-2-6(22-15(25)28)23-24-12-10(20)8(18)7(17)9(19)11(12)21/h2-3,5,13-14,24,26-27,29H,4H2,1H3,(H,22,23,28)/t5?,13?,14?,16-/m1/s1. The maximum atomic E-state index is 13.6. The van der Waals surface area contributed by atoms with Gasteiger partial charge in [-0.15, -0.1) is 0 Å². The van der Waals surface area contributed by atoms with E-state index in [2.05, 4.69) is 4.98 Å². The first-order valence-electron chi connectivity index (χ1n) is 8.30.